The van der Waals surface area contributed by atoms with Gasteiger partial charge in [-0.15, -0.1) is 0 Å². The van der Waals surface area contributed by atoms with Gasteiger partial charge in [-0.25, -0.2) is 0 Å². The minimum Gasteiger partial charge on any atom is -0.369 e. The van der Waals surface area contributed by atoms with E-state index in [1.165, 1.54) is 0 Å². The quantitative estimate of drug-likeness (QED) is 0.868. The molecule has 0 bridgehead atoms. The third-order valence-corrected chi connectivity index (χ3v) is 2.50. The van der Waals surface area contributed by atoms with Gasteiger partial charge in [-0.2, -0.15) is 0 Å². The number of carbonyl (C=O) groups excluding carboxylic acids is 1. The van der Waals surface area contributed by atoms with Crippen molar-refractivity contribution >= 4 is 21.8 Å². The molecule has 0 aromatic heterocycles. The third kappa shape index (κ3) is 2.56. The van der Waals surface area contributed by atoms with Gasteiger partial charge >= 0.3 is 0 Å². The molecule has 0 aliphatic heterocycles. The Bertz CT molecular complexity index is 312. The molecule has 0 radical (unpaired) electrons. The number of nitrogens with two attached hydrogens (primary N) is 1. The van der Waals surface area contributed by atoms with Crippen molar-refractivity contribution in [2.45, 2.75) is 19.3 Å². The van der Waals surface area contributed by atoms with Crippen LogP contribution in [0.25, 0.3) is 0 Å². The summed E-state index contributed by atoms with van der Waals surface area (Å²) >= 11 is 3.36. The molecule has 1 amide bonds. The first-order chi connectivity index (χ1) is 6.15. The highest BCUT2D eigenvalue weighted by Crippen LogP contribution is 2.22. The Morgan fingerprint density at radius 2 is 2.31 bits per heavy atom. The fourth-order valence-electron chi connectivity index (χ4n) is 1.32. The average molecular weight is 242 g/mol. The molecule has 0 saturated heterocycles. The zero-order chi connectivity index (χ0) is 9.84. The van der Waals surface area contributed by atoms with Crippen LogP contribution in [0.4, 0.5) is 0 Å². The number of carbonyl (C=O) groups is 1. The second kappa shape index (κ2) is 4.42. The molecule has 13 heavy (non-hydrogen) atoms. The Labute approximate surface area is 86.3 Å². The standard InChI is InChI=1S/C10H12BrNO/c1-2-9(10(12)13)7-4-3-5-8(11)6-7/h3-6,9H,2H2,1H3,(H2,12,13). The number of rotatable bonds is 3. The van der Waals surface area contributed by atoms with E-state index in [4.69, 9.17) is 5.73 Å². The van der Waals surface area contributed by atoms with Crippen molar-refractivity contribution in [1.82, 2.24) is 0 Å². The minimum atomic E-state index is -0.263. The van der Waals surface area contributed by atoms with Gasteiger partial charge in [0.25, 0.3) is 0 Å². The molecule has 0 spiro atoms. The van der Waals surface area contributed by atoms with Crippen molar-refractivity contribution in [1.29, 1.82) is 0 Å². The summed E-state index contributed by atoms with van der Waals surface area (Å²) in [5, 5.41) is 0. The van der Waals surface area contributed by atoms with E-state index in [0.29, 0.717) is 0 Å². The van der Waals surface area contributed by atoms with Crippen LogP contribution in [0.5, 0.6) is 0 Å². The zero-order valence-electron chi connectivity index (χ0n) is 7.46. The van der Waals surface area contributed by atoms with Crippen LogP contribution >= 0.6 is 15.9 Å². The molecule has 1 atom stereocenters. The van der Waals surface area contributed by atoms with Crippen LogP contribution in [0.3, 0.4) is 0 Å². The van der Waals surface area contributed by atoms with Crippen molar-refractivity contribution in [3.63, 3.8) is 0 Å². The first-order valence-electron chi connectivity index (χ1n) is 4.20. The van der Waals surface area contributed by atoms with Crippen LogP contribution in [0.2, 0.25) is 0 Å². The van der Waals surface area contributed by atoms with E-state index in [-0.39, 0.29) is 11.8 Å². The monoisotopic (exact) mass is 241 g/mol. The summed E-state index contributed by atoms with van der Waals surface area (Å²) in [6.07, 6.45) is 0.742. The van der Waals surface area contributed by atoms with Crippen molar-refractivity contribution in [3.8, 4) is 0 Å². The Kier molecular flexibility index (Phi) is 3.48. The molecule has 0 fully saturated rings. The lowest BCUT2D eigenvalue weighted by Gasteiger charge is -2.10. The van der Waals surface area contributed by atoms with E-state index in [9.17, 15) is 4.79 Å². The van der Waals surface area contributed by atoms with Gasteiger partial charge in [-0.3, -0.25) is 4.79 Å². The number of benzene rings is 1. The van der Waals surface area contributed by atoms with E-state index < -0.39 is 0 Å². The summed E-state index contributed by atoms with van der Waals surface area (Å²) < 4.78 is 0.977. The van der Waals surface area contributed by atoms with E-state index in [0.717, 1.165) is 16.5 Å². The predicted octanol–water partition coefficient (Wildman–Crippen LogP) is 2.43. The minimum absolute atomic E-state index is 0.169. The third-order valence-electron chi connectivity index (χ3n) is 2.00. The van der Waals surface area contributed by atoms with E-state index in [1.807, 2.05) is 31.2 Å². The van der Waals surface area contributed by atoms with Gasteiger partial charge in [-0.05, 0) is 24.1 Å². The highest BCUT2D eigenvalue weighted by Gasteiger charge is 2.14. The number of hydrogen-bond acceptors (Lipinski definition) is 1. The van der Waals surface area contributed by atoms with Crippen molar-refractivity contribution in [2.75, 3.05) is 0 Å². The fraction of sp³-hybridized carbons (Fsp3) is 0.300. The maximum Gasteiger partial charge on any atom is 0.224 e. The topological polar surface area (TPSA) is 43.1 Å². The average Bonchev–Trinajstić information content (AvgIpc) is 2.04. The predicted molar refractivity (Wildman–Crippen MR) is 56.4 cm³/mol. The zero-order valence-corrected chi connectivity index (χ0v) is 9.04. The molecule has 0 saturated carbocycles. The van der Waals surface area contributed by atoms with Crippen LogP contribution in [-0.2, 0) is 4.79 Å². The maximum absolute atomic E-state index is 11.0. The van der Waals surface area contributed by atoms with E-state index in [1.54, 1.807) is 0 Å². The van der Waals surface area contributed by atoms with Gasteiger partial charge < -0.3 is 5.73 Å². The largest absolute Gasteiger partial charge is 0.369 e. The van der Waals surface area contributed by atoms with Crippen LogP contribution in [0.1, 0.15) is 24.8 Å². The van der Waals surface area contributed by atoms with Gasteiger partial charge in [0.05, 0.1) is 5.92 Å². The number of halogens is 1. The highest BCUT2D eigenvalue weighted by molar-refractivity contribution is 9.10. The second-order valence-corrected chi connectivity index (χ2v) is 3.83. The van der Waals surface area contributed by atoms with Crippen LogP contribution in [0, 0.1) is 0 Å². The summed E-state index contributed by atoms with van der Waals surface area (Å²) in [6, 6.07) is 7.69. The molecule has 0 heterocycles. The Hall–Kier alpha value is -0.830. The number of hydrogen-bond donors (Lipinski definition) is 1. The highest BCUT2D eigenvalue weighted by atomic mass is 79.9. The molecular weight excluding hydrogens is 230 g/mol. The molecule has 1 aromatic rings. The van der Waals surface area contributed by atoms with Crippen molar-refractivity contribution < 1.29 is 4.79 Å². The van der Waals surface area contributed by atoms with Crippen LogP contribution < -0.4 is 5.73 Å². The molecular formula is C10H12BrNO. The van der Waals surface area contributed by atoms with Crippen LogP contribution in [0.15, 0.2) is 28.7 Å². The normalized spacial score (nSPS) is 12.5. The van der Waals surface area contributed by atoms with Gasteiger partial charge in [0, 0.05) is 4.47 Å². The van der Waals surface area contributed by atoms with Gasteiger partial charge in [0.15, 0.2) is 0 Å². The molecule has 1 rings (SSSR count). The fourth-order valence-corrected chi connectivity index (χ4v) is 1.74. The maximum atomic E-state index is 11.0. The molecule has 0 aliphatic carbocycles. The SMILES string of the molecule is CCC(C(N)=O)c1cccc(Br)c1. The summed E-state index contributed by atoms with van der Waals surface area (Å²) in [7, 11) is 0. The molecule has 2 nitrogen and oxygen atoms in total. The van der Waals surface area contributed by atoms with Gasteiger partial charge in [0.1, 0.15) is 0 Å². The van der Waals surface area contributed by atoms with Crippen LogP contribution in [-0.4, -0.2) is 5.91 Å². The Morgan fingerprint density at radius 3 is 2.77 bits per heavy atom. The van der Waals surface area contributed by atoms with Gasteiger partial charge in [-0.1, -0.05) is 35.0 Å². The first-order valence-corrected chi connectivity index (χ1v) is 4.99. The summed E-state index contributed by atoms with van der Waals surface area (Å²) in [5.74, 6) is -0.432. The van der Waals surface area contributed by atoms with Crippen molar-refractivity contribution in [3.05, 3.63) is 34.3 Å². The lowest BCUT2D eigenvalue weighted by Crippen LogP contribution is -2.20. The molecule has 1 unspecified atom stereocenters. The molecule has 3 heteroatoms. The lowest BCUT2D eigenvalue weighted by molar-refractivity contribution is -0.119. The van der Waals surface area contributed by atoms with E-state index >= 15 is 0 Å². The summed E-state index contributed by atoms with van der Waals surface area (Å²) in [6.45, 7) is 1.95. The summed E-state index contributed by atoms with van der Waals surface area (Å²) in [4.78, 5) is 11.0. The summed E-state index contributed by atoms with van der Waals surface area (Å²) in [5.41, 5.74) is 6.25. The number of amides is 1. The first kappa shape index (κ1) is 10.3. The molecule has 2 N–H and O–H groups in total. The molecule has 1 aromatic carbocycles. The van der Waals surface area contributed by atoms with Crippen molar-refractivity contribution in [2.24, 2.45) is 5.73 Å². The van der Waals surface area contributed by atoms with Gasteiger partial charge in [0.2, 0.25) is 5.91 Å². The molecule has 0 aliphatic rings. The second-order valence-electron chi connectivity index (χ2n) is 2.92. The Balaban J connectivity index is 2.98. The smallest absolute Gasteiger partial charge is 0.224 e. The molecule has 70 valence electrons. The lowest BCUT2D eigenvalue weighted by atomic mass is 9.96. The number of primary amides is 1. The van der Waals surface area contributed by atoms with E-state index in [2.05, 4.69) is 15.9 Å². The Morgan fingerprint density at radius 1 is 1.62 bits per heavy atom.